The van der Waals surface area contributed by atoms with Gasteiger partial charge in [-0.2, -0.15) is 5.10 Å². The largest absolute Gasteiger partial charge is 0.478 e. The Morgan fingerprint density at radius 1 is 1.19 bits per heavy atom. The number of aromatic carboxylic acids is 1. The minimum Gasteiger partial charge on any atom is -0.478 e. The number of nitrogens with zero attached hydrogens (tertiary/aromatic N) is 2. The first-order valence-corrected chi connectivity index (χ1v) is 6.57. The lowest BCUT2D eigenvalue weighted by Crippen LogP contribution is -2.01. The minimum absolute atomic E-state index is 0.246. The molecule has 1 N–H and O–H groups in total. The number of aryl methyl sites for hydroxylation is 2. The fourth-order valence-corrected chi connectivity index (χ4v) is 2.22. The predicted molar refractivity (Wildman–Crippen MR) is 76.8 cm³/mol. The van der Waals surface area contributed by atoms with E-state index < -0.39 is 5.97 Å². The van der Waals surface area contributed by atoms with Crippen LogP contribution in [0.15, 0.2) is 48.7 Å². The second-order valence-corrected chi connectivity index (χ2v) is 4.85. The topological polar surface area (TPSA) is 55.1 Å². The number of carboxylic acid groups (broad SMARTS) is 1. The van der Waals surface area contributed by atoms with Crippen LogP contribution < -0.4 is 0 Å². The van der Waals surface area contributed by atoms with Crippen LogP contribution in [0.1, 0.15) is 15.9 Å². The molecule has 0 amide bonds. The van der Waals surface area contributed by atoms with E-state index >= 15 is 0 Å². The van der Waals surface area contributed by atoms with E-state index in [0.717, 1.165) is 22.9 Å². The SMILES string of the molecule is O=C(O)c1ccc2nn(CCc3ccc(F)cc3)cc2c1. The lowest BCUT2D eigenvalue weighted by atomic mass is 10.1. The normalized spacial score (nSPS) is 10.9. The molecular weight excluding hydrogens is 271 g/mol. The number of halogens is 1. The van der Waals surface area contributed by atoms with Gasteiger partial charge in [0.1, 0.15) is 5.82 Å². The van der Waals surface area contributed by atoms with Crippen LogP contribution in [0, 0.1) is 5.82 Å². The van der Waals surface area contributed by atoms with E-state index in [4.69, 9.17) is 5.11 Å². The Hall–Kier alpha value is -2.69. The quantitative estimate of drug-likeness (QED) is 0.801. The molecule has 0 aliphatic heterocycles. The molecule has 21 heavy (non-hydrogen) atoms. The molecule has 0 spiro atoms. The molecule has 1 heterocycles. The molecule has 4 nitrogen and oxygen atoms in total. The van der Waals surface area contributed by atoms with Gasteiger partial charge in [-0.25, -0.2) is 9.18 Å². The van der Waals surface area contributed by atoms with Crippen LogP contribution >= 0.6 is 0 Å². The van der Waals surface area contributed by atoms with Crippen molar-refractivity contribution in [2.75, 3.05) is 0 Å². The highest BCUT2D eigenvalue weighted by molar-refractivity contribution is 5.93. The summed E-state index contributed by atoms with van der Waals surface area (Å²) in [5.74, 6) is -1.19. The van der Waals surface area contributed by atoms with E-state index in [9.17, 15) is 9.18 Å². The second kappa shape index (κ2) is 5.36. The maximum atomic E-state index is 12.8. The van der Waals surface area contributed by atoms with Gasteiger partial charge in [0.2, 0.25) is 0 Å². The first-order valence-electron chi connectivity index (χ1n) is 6.57. The van der Waals surface area contributed by atoms with Gasteiger partial charge in [-0.1, -0.05) is 12.1 Å². The highest BCUT2D eigenvalue weighted by Crippen LogP contribution is 2.15. The summed E-state index contributed by atoms with van der Waals surface area (Å²) in [6.07, 6.45) is 2.56. The molecule has 1 aromatic heterocycles. The molecule has 0 fully saturated rings. The molecule has 106 valence electrons. The Morgan fingerprint density at radius 3 is 2.67 bits per heavy atom. The maximum Gasteiger partial charge on any atom is 0.335 e. The average molecular weight is 284 g/mol. The third kappa shape index (κ3) is 2.91. The van der Waals surface area contributed by atoms with Gasteiger partial charge < -0.3 is 5.11 Å². The van der Waals surface area contributed by atoms with Crippen molar-refractivity contribution in [3.63, 3.8) is 0 Å². The molecule has 0 bridgehead atoms. The van der Waals surface area contributed by atoms with Crippen molar-refractivity contribution in [1.82, 2.24) is 9.78 Å². The van der Waals surface area contributed by atoms with Gasteiger partial charge in [0.15, 0.2) is 0 Å². The van der Waals surface area contributed by atoms with Crippen molar-refractivity contribution in [3.8, 4) is 0 Å². The van der Waals surface area contributed by atoms with E-state index in [1.54, 1.807) is 35.0 Å². The molecule has 0 radical (unpaired) electrons. The fourth-order valence-electron chi connectivity index (χ4n) is 2.22. The maximum absolute atomic E-state index is 12.8. The van der Waals surface area contributed by atoms with Crippen molar-refractivity contribution < 1.29 is 14.3 Å². The molecule has 3 rings (SSSR count). The van der Waals surface area contributed by atoms with Gasteiger partial charge in [0.05, 0.1) is 11.1 Å². The summed E-state index contributed by atoms with van der Waals surface area (Å²) in [5, 5.41) is 14.2. The van der Waals surface area contributed by atoms with E-state index in [0.29, 0.717) is 6.54 Å². The molecule has 0 saturated heterocycles. The summed E-state index contributed by atoms with van der Waals surface area (Å²) in [6, 6.07) is 11.2. The van der Waals surface area contributed by atoms with Gasteiger partial charge in [0.25, 0.3) is 0 Å². The van der Waals surface area contributed by atoms with Gasteiger partial charge in [-0.05, 0) is 42.3 Å². The molecule has 0 aliphatic carbocycles. The van der Waals surface area contributed by atoms with Crippen molar-refractivity contribution >= 4 is 16.9 Å². The number of carboxylic acids is 1. The zero-order valence-electron chi connectivity index (χ0n) is 11.2. The number of carbonyl (C=O) groups is 1. The molecule has 0 atom stereocenters. The van der Waals surface area contributed by atoms with Gasteiger partial charge in [0, 0.05) is 18.1 Å². The molecular formula is C16H13FN2O2. The van der Waals surface area contributed by atoms with Gasteiger partial charge in [-0.15, -0.1) is 0 Å². The van der Waals surface area contributed by atoms with Crippen LogP contribution in [-0.2, 0) is 13.0 Å². The van der Waals surface area contributed by atoms with E-state index in [1.165, 1.54) is 12.1 Å². The standard InChI is InChI=1S/C16H13FN2O2/c17-14-4-1-11(2-5-14)7-8-19-10-13-9-12(16(20)21)3-6-15(13)18-19/h1-6,9-10H,7-8H2,(H,20,21). The summed E-state index contributed by atoms with van der Waals surface area (Å²) in [5.41, 5.74) is 2.04. The number of aromatic nitrogens is 2. The van der Waals surface area contributed by atoms with Crippen LogP contribution in [0.5, 0.6) is 0 Å². The number of rotatable bonds is 4. The Kier molecular flexibility index (Phi) is 3.39. The lowest BCUT2D eigenvalue weighted by molar-refractivity contribution is 0.0697. The Bertz CT molecular complexity index is 794. The van der Waals surface area contributed by atoms with E-state index in [-0.39, 0.29) is 11.4 Å². The summed E-state index contributed by atoms with van der Waals surface area (Å²) in [4.78, 5) is 10.9. The monoisotopic (exact) mass is 284 g/mol. The Morgan fingerprint density at radius 2 is 1.95 bits per heavy atom. The zero-order valence-corrected chi connectivity index (χ0v) is 11.2. The molecule has 3 aromatic rings. The second-order valence-electron chi connectivity index (χ2n) is 4.85. The highest BCUT2D eigenvalue weighted by atomic mass is 19.1. The van der Waals surface area contributed by atoms with Crippen LogP contribution in [0.3, 0.4) is 0 Å². The Labute approximate surface area is 120 Å². The minimum atomic E-state index is -0.948. The lowest BCUT2D eigenvalue weighted by Gasteiger charge is -2.01. The van der Waals surface area contributed by atoms with E-state index in [1.807, 2.05) is 6.20 Å². The summed E-state index contributed by atoms with van der Waals surface area (Å²) in [7, 11) is 0. The summed E-state index contributed by atoms with van der Waals surface area (Å²) < 4.78 is 14.6. The fraction of sp³-hybridized carbons (Fsp3) is 0.125. The van der Waals surface area contributed by atoms with Gasteiger partial charge in [-0.3, -0.25) is 4.68 Å². The third-order valence-corrected chi connectivity index (χ3v) is 3.34. The van der Waals surface area contributed by atoms with Crippen molar-refractivity contribution in [3.05, 3.63) is 65.6 Å². The molecule has 5 heteroatoms. The zero-order chi connectivity index (χ0) is 14.8. The number of benzene rings is 2. The van der Waals surface area contributed by atoms with Crippen LogP contribution in [0.25, 0.3) is 10.9 Å². The third-order valence-electron chi connectivity index (χ3n) is 3.34. The molecule has 0 unspecified atom stereocenters. The predicted octanol–water partition coefficient (Wildman–Crippen LogP) is 3.12. The Balaban J connectivity index is 1.78. The van der Waals surface area contributed by atoms with Crippen LogP contribution in [-0.4, -0.2) is 20.9 Å². The van der Waals surface area contributed by atoms with Crippen LogP contribution in [0.4, 0.5) is 4.39 Å². The van der Waals surface area contributed by atoms with Crippen molar-refractivity contribution in [2.45, 2.75) is 13.0 Å². The van der Waals surface area contributed by atoms with Gasteiger partial charge >= 0.3 is 5.97 Å². The first-order chi connectivity index (χ1) is 10.1. The molecule has 0 saturated carbocycles. The highest BCUT2D eigenvalue weighted by Gasteiger charge is 2.06. The summed E-state index contributed by atoms with van der Waals surface area (Å²) >= 11 is 0. The molecule has 0 aliphatic rings. The summed E-state index contributed by atoms with van der Waals surface area (Å²) in [6.45, 7) is 0.655. The van der Waals surface area contributed by atoms with Crippen molar-refractivity contribution in [2.24, 2.45) is 0 Å². The average Bonchev–Trinajstić information content (AvgIpc) is 2.88. The number of hydrogen-bond acceptors (Lipinski definition) is 2. The smallest absolute Gasteiger partial charge is 0.335 e. The van der Waals surface area contributed by atoms with E-state index in [2.05, 4.69) is 5.10 Å². The number of fused-ring (bicyclic) bond motifs is 1. The number of hydrogen-bond donors (Lipinski definition) is 1. The first kappa shape index (κ1) is 13.3. The van der Waals surface area contributed by atoms with Crippen molar-refractivity contribution in [1.29, 1.82) is 0 Å². The molecule has 2 aromatic carbocycles. The van der Waals surface area contributed by atoms with Crippen LogP contribution in [0.2, 0.25) is 0 Å².